The zero-order valence-electron chi connectivity index (χ0n) is 20.4. The first-order chi connectivity index (χ1) is 14.6. The molecule has 0 aliphatic heterocycles. The van der Waals surface area contributed by atoms with E-state index in [2.05, 4.69) is 20.8 Å². The summed E-state index contributed by atoms with van der Waals surface area (Å²) in [7, 11) is 0. The van der Waals surface area contributed by atoms with E-state index in [4.69, 9.17) is 16.2 Å². The summed E-state index contributed by atoms with van der Waals surface area (Å²) in [6.07, 6.45) is 11.2. The summed E-state index contributed by atoms with van der Waals surface area (Å²) < 4.78 is 6.24. The summed E-state index contributed by atoms with van der Waals surface area (Å²) >= 11 is 0. The van der Waals surface area contributed by atoms with Crippen LogP contribution in [0, 0.1) is 23.7 Å². The summed E-state index contributed by atoms with van der Waals surface area (Å²) in [6, 6.07) is 3.12. The minimum atomic E-state index is -0.745. The molecule has 2 unspecified atom stereocenters. The van der Waals surface area contributed by atoms with Crippen LogP contribution in [0.5, 0.6) is 11.5 Å². The lowest BCUT2D eigenvalue weighted by molar-refractivity contribution is -0.120. The van der Waals surface area contributed by atoms with Gasteiger partial charge in [0.1, 0.15) is 5.72 Å². The van der Waals surface area contributed by atoms with Crippen LogP contribution in [-0.2, 0) is 4.74 Å². The molecule has 0 bridgehead atoms. The smallest absolute Gasteiger partial charge is 0.181 e. The van der Waals surface area contributed by atoms with Gasteiger partial charge in [0, 0.05) is 11.5 Å². The fourth-order valence-corrected chi connectivity index (χ4v) is 5.43. The number of hydrogen-bond donors (Lipinski definition) is 4. The van der Waals surface area contributed by atoms with Gasteiger partial charge in [-0.15, -0.1) is 0 Å². The first-order valence-corrected chi connectivity index (χ1v) is 12.4. The molecule has 2 saturated carbocycles. The summed E-state index contributed by atoms with van der Waals surface area (Å²) in [4.78, 5) is 0. The van der Waals surface area contributed by atoms with E-state index < -0.39 is 5.72 Å². The fourth-order valence-electron chi connectivity index (χ4n) is 5.43. The molecule has 2 aliphatic carbocycles. The zero-order chi connectivity index (χ0) is 23.2. The summed E-state index contributed by atoms with van der Waals surface area (Å²) in [5.74, 6) is 2.46. The van der Waals surface area contributed by atoms with Crippen LogP contribution in [0.2, 0.25) is 0 Å². The average molecular weight is 435 g/mol. The van der Waals surface area contributed by atoms with Crippen molar-refractivity contribution < 1.29 is 14.9 Å². The van der Waals surface area contributed by atoms with Gasteiger partial charge in [-0.05, 0) is 76.2 Å². The van der Waals surface area contributed by atoms with E-state index in [1.165, 1.54) is 51.0 Å². The van der Waals surface area contributed by atoms with Crippen LogP contribution in [0.25, 0.3) is 0 Å². The standard InChI is InChI=1S/C23H38N2O3.C3H8/c1-14-4-6-16(7-5-14)17-8-10-18(11-9-17)23(3,25)28-15(2)19-12-13-20(26)22(27)21(19)24;1-3-2/h12-18,26-27H,4-11,24-25H2,1-3H3;3H2,1-2H3. The number of nitrogens with two attached hydrogens (primary N) is 2. The molecule has 5 heteroatoms. The second kappa shape index (κ2) is 11.4. The Morgan fingerprint density at radius 2 is 1.48 bits per heavy atom. The van der Waals surface area contributed by atoms with Crippen LogP contribution in [-0.4, -0.2) is 15.9 Å². The first-order valence-electron chi connectivity index (χ1n) is 12.4. The van der Waals surface area contributed by atoms with Crippen molar-refractivity contribution in [2.45, 2.75) is 104 Å². The highest BCUT2D eigenvalue weighted by Crippen LogP contribution is 2.45. The van der Waals surface area contributed by atoms with Gasteiger partial charge in [-0.2, -0.15) is 0 Å². The molecular formula is C26H46N2O3. The maximum absolute atomic E-state index is 9.89. The van der Waals surface area contributed by atoms with Crippen molar-refractivity contribution >= 4 is 5.69 Å². The van der Waals surface area contributed by atoms with E-state index >= 15 is 0 Å². The Kier molecular flexibility index (Phi) is 9.50. The van der Waals surface area contributed by atoms with Gasteiger partial charge in [-0.3, -0.25) is 0 Å². The topological polar surface area (TPSA) is 102 Å². The van der Waals surface area contributed by atoms with Crippen LogP contribution in [0.1, 0.15) is 104 Å². The number of phenols is 2. The zero-order valence-corrected chi connectivity index (χ0v) is 20.4. The summed E-state index contributed by atoms with van der Waals surface area (Å²) in [5.41, 5.74) is 12.6. The number of hydrogen-bond acceptors (Lipinski definition) is 5. The molecule has 0 radical (unpaired) electrons. The quantitative estimate of drug-likeness (QED) is 0.241. The molecule has 0 heterocycles. The number of ether oxygens (including phenoxy) is 1. The van der Waals surface area contributed by atoms with E-state index in [-0.39, 0.29) is 23.3 Å². The molecule has 1 aromatic rings. The number of aromatic hydroxyl groups is 2. The summed E-state index contributed by atoms with van der Waals surface area (Å²) in [6.45, 7) is 10.5. The van der Waals surface area contributed by atoms with Crippen molar-refractivity contribution in [3.8, 4) is 11.5 Å². The summed E-state index contributed by atoms with van der Waals surface area (Å²) in [5, 5.41) is 19.5. The van der Waals surface area contributed by atoms with E-state index in [9.17, 15) is 10.2 Å². The molecule has 2 fully saturated rings. The highest BCUT2D eigenvalue weighted by molar-refractivity contribution is 5.64. The molecule has 3 rings (SSSR count). The van der Waals surface area contributed by atoms with E-state index in [0.29, 0.717) is 11.5 Å². The molecule has 5 nitrogen and oxygen atoms in total. The van der Waals surface area contributed by atoms with Crippen LogP contribution >= 0.6 is 0 Å². The minimum Gasteiger partial charge on any atom is -0.504 e. The highest BCUT2D eigenvalue weighted by Gasteiger charge is 2.38. The Hall–Kier alpha value is -1.46. The Morgan fingerprint density at radius 1 is 1.00 bits per heavy atom. The maximum Gasteiger partial charge on any atom is 0.181 e. The van der Waals surface area contributed by atoms with Crippen LogP contribution in [0.15, 0.2) is 12.1 Å². The molecule has 0 spiro atoms. The average Bonchev–Trinajstić information content (AvgIpc) is 2.73. The lowest BCUT2D eigenvalue weighted by atomic mass is 9.68. The van der Waals surface area contributed by atoms with Crippen molar-refractivity contribution in [2.24, 2.45) is 29.4 Å². The van der Waals surface area contributed by atoms with Gasteiger partial charge in [0.25, 0.3) is 0 Å². The molecule has 0 saturated heterocycles. The molecule has 0 aromatic heterocycles. The predicted molar refractivity (Wildman–Crippen MR) is 129 cm³/mol. The SMILES string of the molecule is CC1CCC(C2CCC(C(C)(N)OC(C)c3ccc(O)c(O)c3N)CC2)CC1.CCC. The highest BCUT2D eigenvalue weighted by atomic mass is 16.5. The van der Waals surface area contributed by atoms with Gasteiger partial charge < -0.3 is 26.4 Å². The third kappa shape index (κ3) is 6.76. The molecule has 0 amide bonds. The third-order valence-corrected chi connectivity index (χ3v) is 7.41. The molecule has 6 N–H and O–H groups in total. The Bertz CT molecular complexity index is 675. The van der Waals surface area contributed by atoms with Crippen LogP contribution < -0.4 is 11.5 Å². The lowest BCUT2D eigenvalue weighted by Gasteiger charge is -2.43. The van der Waals surface area contributed by atoms with E-state index in [1.807, 2.05) is 13.8 Å². The van der Waals surface area contributed by atoms with Crippen molar-refractivity contribution in [3.63, 3.8) is 0 Å². The van der Waals surface area contributed by atoms with Crippen molar-refractivity contribution in [3.05, 3.63) is 17.7 Å². The molecule has 178 valence electrons. The van der Waals surface area contributed by atoms with Gasteiger partial charge >= 0.3 is 0 Å². The Balaban J connectivity index is 0.00000107. The third-order valence-electron chi connectivity index (χ3n) is 7.41. The molecular weight excluding hydrogens is 388 g/mol. The monoisotopic (exact) mass is 434 g/mol. The van der Waals surface area contributed by atoms with E-state index in [1.54, 1.807) is 6.07 Å². The minimum absolute atomic E-state index is 0.151. The maximum atomic E-state index is 9.89. The van der Waals surface area contributed by atoms with Crippen LogP contribution in [0.4, 0.5) is 5.69 Å². The number of phenolic OH excluding ortho intramolecular Hbond substituents is 2. The molecule has 1 aromatic carbocycles. The second-order valence-corrected chi connectivity index (χ2v) is 10.2. The number of anilines is 1. The molecule has 2 aliphatic rings. The van der Waals surface area contributed by atoms with E-state index in [0.717, 1.165) is 30.6 Å². The Morgan fingerprint density at radius 3 is 2.00 bits per heavy atom. The number of nitrogen functional groups attached to an aromatic ring is 1. The van der Waals surface area contributed by atoms with Gasteiger partial charge in [0.2, 0.25) is 0 Å². The number of benzene rings is 1. The van der Waals surface area contributed by atoms with Crippen molar-refractivity contribution in [1.82, 2.24) is 0 Å². The lowest BCUT2D eigenvalue weighted by Crippen LogP contribution is -2.49. The first kappa shape index (κ1) is 25.8. The van der Waals surface area contributed by atoms with Crippen molar-refractivity contribution in [2.75, 3.05) is 5.73 Å². The Labute approximate surface area is 189 Å². The molecule has 2 atom stereocenters. The molecule has 31 heavy (non-hydrogen) atoms. The van der Waals surface area contributed by atoms with Crippen LogP contribution in [0.3, 0.4) is 0 Å². The number of rotatable bonds is 5. The second-order valence-electron chi connectivity index (χ2n) is 10.2. The largest absolute Gasteiger partial charge is 0.504 e. The van der Waals surface area contributed by atoms with Gasteiger partial charge in [0.05, 0.1) is 11.8 Å². The van der Waals surface area contributed by atoms with Crippen molar-refractivity contribution in [1.29, 1.82) is 0 Å². The normalized spacial score (nSPS) is 29.4. The van der Waals surface area contributed by atoms with Gasteiger partial charge in [-0.25, -0.2) is 0 Å². The predicted octanol–water partition coefficient (Wildman–Crippen LogP) is 6.48. The fraction of sp³-hybridized carbons (Fsp3) is 0.769. The van der Waals surface area contributed by atoms with Gasteiger partial charge in [0.15, 0.2) is 11.5 Å². The van der Waals surface area contributed by atoms with Gasteiger partial charge in [-0.1, -0.05) is 46.1 Å².